The van der Waals surface area contributed by atoms with Crippen molar-refractivity contribution < 1.29 is 21.9 Å². The molecule has 1 saturated heterocycles. The second-order valence-corrected chi connectivity index (χ2v) is 6.30. The lowest BCUT2D eigenvalue weighted by Gasteiger charge is -2.24. The van der Waals surface area contributed by atoms with Crippen LogP contribution >= 0.6 is 0 Å². The van der Waals surface area contributed by atoms with Crippen LogP contribution in [0.5, 0.6) is 5.75 Å². The monoisotopic (exact) mass is 277 g/mol. The van der Waals surface area contributed by atoms with E-state index in [1.807, 2.05) is 0 Å². The van der Waals surface area contributed by atoms with Crippen LogP contribution in [0.2, 0.25) is 0 Å². The van der Waals surface area contributed by atoms with E-state index >= 15 is 0 Å². The number of sulfone groups is 1. The molecule has 1 aromatic rings. The largest absolute Gasteiger partial charge is 0.435 e. The number of ether oxygens (including phenoxy) is 1. The third-order valence-electron chi connectivity index (χ3n) is 2.71. The number of hydrogen-bond acceptors (Lipinski definition) is 4. The van der Waals surface area contributed by atoms with Crippen molar-refractivity contribution in [3.8, 4) is 5.75 Å². The number of nitrogens with one attached hydrogen (secondary N) is 1. The first-order chi connectivity index (χ1) is 8.46. The third-order valence-corrected chi connectivity index (χ3v) is 4.38. The SMILES string of the molecule is O=S1(=O)CCNC(c2cccc(OC(F)F)c2)C1. The molecule has 1 aliphatic rings. The lowest BCUT2D eigenvalue weighted by Crippen LogP contribution is -2.39. The summed E-state index contributed by atoms with van der Waals surface area (Å²) in [7, 11) is -3.07. The fourth-order valence-electron chi connectivity index (χ4n) is 1.91. The normalized spacial score (nSPS) is 22.9. The first kappa shape index (κ1) is 13.2. The van der Waals surface area contributed by atoms with Crippen molar-refractivity contribution in [3.05, 3.63) is 29.8 Å². The van der Waals surface area contributed by atoms with Crippen molar-refractivity contribution in [1.82, 2.24) is 5.32 Å². The molecule has 1 heterocycles. The van der Waals surface area contributed by atoms with Crippen molar-refractivity contribution in [2.45, 2.75) is 12.7 Å². The molecule has 1 atom stereocenters. The van der Waals surface area contributed by atoms with Gasteiger partial charge in [-0.15, -0.1) is 0 Å². The molecule has 1 fully saturated rings. The molecule has 0 bridgehead atoms. The molecule has 1 aliphatic heterocycles. The van der Waals surface area contributed by atoms with Gasteiger partial charge in [0.25, 0.3) is 0 Å². The molecular weight excluding hydrogens is 264 g/mol. The molecule has 0 saturated carbocycles. The van der Waals surface area contributed by atoms with Gasteiger partial charge in [-0.3, -0.25) is 0 Å². The van der Waals surface area contributed by atoms with Crippen molar-refractivity contribution in [2.24, 2.45) is 0 Å². The van der Waals surface area contributed by atoms with E-state index in [0.717, 1.165) is 0 Å². The summed E-state index contributed by atoms with van der Waals surface area (Å²) in [6.45, 7) is -2.52. The van der Waals surface area contributed by atoms with Gasteiger partial charge in [0, 0.05) is 12.6 Å². The predicted octanol–water partition coefficient (Wildman–Crippen LogP) is 1.35. The summed E-state index contributed by atoms with van der Waals surface area (Å²) in [6, 6.07) is 5.73. The van der Waals surface area contributed by atoms with Crippen molar-refractivity contribution in [3.63, 3.8) is 0 Å². The van der Waals surface area contributed by atoms with E-state index in [9.17, 15) is 17.2 Å². The Kier molecular flexibility index (Phi) is 3.82. The van der Waals surface area contributed by atoms with E-state index in [1.165, 1.54) is 12.1 Å². The zero-order valence-corrected chi connectivity index (χ0v) is 10.3. The van der Waals surface area contributed by atoms with Crippen LogP contribution in [-0.2, 0) is 9.84 Å². The maximum absolute atomic E-state index is 12.1. The predicted molar refractivity (Wildman–Crippen MR) is 62.5 cm³/mol. The van der Waals surface area contributed by atoms with Gasteiger partial charge in [0.15, 0.2) is 9.84 Å². The van der Waals surface area contributed by atoms with Gasteiger partial charge in [0.05, 0.1) is 11.5 Å². The molecular formula is C11H13F2NO3S. The minimum atomic E-state index is -3.07. The van der Waals surface area contributed by atoms with Gasteiger partial charge in [0.2, 0.25) is 0 Å². The zero-order chi connectivity index (χ0) is 13.2. The molecule has 1 N–H and O–H groups in total. The van der Waals surface area contributed by atoms with Crippen LogP contribution in [0.15, 0.2) is 24.3 Å². The number of hydrogen-bond donors (Lipinski definition) is 1. The summed E-state index contributed by atoms with van der Waals surface area (Å²) in [5.41, 5.74) is 0.636. The zero-order valence-electron chi connectivity index (χ0n) is 9.47. The van der Waals surface area contributed by atoms with Crippen LogP contribution in [0.4, 0.5) is 8.78 Å². The van der Waals surface area contributed by atoms with Crippen molar-refractivity contribution in [2.75, 3.05) is 18.1 Å². The van der Waals surface area contributed by atoms with Gasteiger partial charge < -0.3 is 10.1 Å². The standard InChI is InChI=1S/C11H13F2NO3S/c12-11(13)17-9-3-1-2-8(6-9)10-7-18(15,16)5-4-14-10/h1-3,6,10-11,14H,4-5,7H2. The van der Waals surface area contributed by atoms with Gasteiger partial charge in [0.1, 0.15) is 5.75 Å². The smallest absolute Gasteiger partial charge is 0.387 e. The van der Waals surface area contributed by atoms with Gasteiger partial charge in [-0.1, -0.05) is 12.1 Å². The first-order valence-electron chi connectivity index (χ1n) is 5.45. The second-order valence-electron chi connectivity index (χ2n) is 4.07. The molecule has 1 unspecified atom stereocenters. The minimum absolute atomic E-state index is 0.0227. The van der Waals surface area contributed by atoms with E-state index in [4.69, 9.17) is 0 Å². The first-order valence-corrected chi connectivity index (χ1v) is 7.27. The molecule has 100 valence electrons. The molecule has 0 radical (unpaired) electrons. The summed E-state index contributed by atoms with van der Waals surface area (Å²) in [5.74, 6) is 0.120. The van der Waals surface area contributed by atoms with Crippen molar-refractivity contribution >= 4 is 9.84 Å². The quantitative estimate of drug-likeness (QED) is 0.906. The Morgan fingerprint density at radius 2 is 2.17 bits per heavy atom. The topological polar surface area (TPSA) is 55.4 Å². The van der Waals surface area contributed by atoms with E-state index in [1.54, 1.807) is 12.1 Å². The Hall–Kier alpha value is -1.21. The maximum atomic E-state index is 12.1. The van der Waals surface area contributed by atoms with Gasteiger partial charge >= 0.3 is 6.61 Å². The molecule has 0 aromatic heterocycles. The summed E-state index contributed by atoms with van der Waals surface area (Å²) in [5, 5.41) is 3.05. The van der Waals surface area contributed by atoms with Gasteiger partial charge in [-0.25, -0.2) is 8.42 Å². The summed E-state index contributed by atoms with van der Waals surface area (Å²) < 4.78 is 51.5. The highest BCUT2D eigenvalue weighted by Gasteiger charge is 2.25. The number of alkyl halides is 2. The number of rotatable bonds is 3. The van der Waals surface area contributed by atoms with Crippen LogP contribution in [0.3, 0.4) is 0 Å². The molecule has 4 nitrogen and oxygen atoms in total. The van der Waals surface area contributed by atoms with Crippen LogP contribution in [-0.4, -0.2) is 33.1 Å². The minimum Gasteiger partial charge on any atom is -0.435 e. The second kappa shape index (κ2) is 5.19. The lowest BCUT2D eigenvalue weighted by atomic mass is 10.1. The highest BCUT2D eigenvalue weighted by Crippen LogP contribution is 2.23. The van der Waals surface area contributed by atoms with Gasteiger partial charge in [-0.2, -0.15) is 8.78 Å². The maximum Gasteiger partial charge on any atom is 0.387 e. The lowest BCUT2D eigenvalue weighted by molar-refractivity contribution is -0.0499. The number of halogens is 2. The molecule has 0 aliphatic carbocycles. The van der Waals surface area contributed by atoms with Crippen LogP contribution in [0.25, 0.3) is 0 Å². The average Bonchev–Trinajstić information content (AvgIpc) is 2.27. The number of benzene rings is 1. The Morgan fingerprint density at radius 1 is 1.39 bits per heavy atom. The summed E-state index contributed by atoms with van der Waals surface area (Å²) in [4.78, 5) is 0. The third kappa shape index (κ3) is 3.39. The van der Waals surface area contributed by atoms with Crippen LogP contribution in [0, 0.1) is 0 Å². The molecule has 18 heavy (non-hydrogen) atoms. The summed E-state index contributed by atoms with van der Waals surface area (Å²) >= 11 is 0. The Morgan fingerprint density at radius 3 is 2.83 bits per heavy atom. The fourth-order valence-corrected chi connectivity index (χ4v) is 3.32. The molecule has 1 aromatic carbocycles. The van der Waals surface area contributed by atoms with Crippen LogP contribution in [0.1, 0.15) is 11.6 Å². The molecule has 0 amide bonds. The average molecular weight is 277 g/mol. The van der Waals surface area contributed by atoms with E-state index < -0.39 is 16.4 Å². The Labute approximate surface area is 104 Å². The molecule has 7 heteroatoms. The molecule has 0 spiro atoms. The van der Waals surface area contributed by atoms with Crippen molar-refractivity contribution in [1.29, 1.82) is 0 Å². The van der Waals surface area contributed by atoms with Gasteiger partial charge in [-0.05, 0) is 17.7 Å². The summed E-state index contributed by atoms with van der Waals surface area (Å²) in [6.07, 6.45) is 0. The Bertz CT molecular complexity index is 519. The fraction of sp³-hybridized carbons (Fsp3) is 0.455. The van der Waals surface area contributed by atoms with E-state index in [2.05, 4.69) is 10.1 Å². The molecule has 2 rings (SSSR count). The Balaban J connectivity index is 2.17. The highest BCUT2D eigenvalue weighted by atomic mass is 32.2. The van der Waals surface area contributed by atoms with E-state index in [-0.39, 0.29) is 23.3 Å². The van der Waals surface area contributed by atoms with E-state index in [0.29, 0.717) is 12.1 Å². The van der Waals surface area contributed by atoms with Crippen LogP contribution < -0.4 is 10.1 Å². The highest BCUT2D eigenvalue weighted by molar-refractivity contribution is 7.91.